The minimum atomic E-state index is -3.06. The molecule has 0 spiro atoms. The number of oxazole rings is 1. The van der Waals surface area contributed by atoms with Crippen molar-refractivity contribution in [3.05, 3.63) is 94.8 Å². The van der Waals surface area contributed by atoms with Gasteiger partial charge in [0.15, 0.2) is 5.58 Å². The van der Waals surface area contributed by atoms with Crippen LogP contribution in [0.2, 0.25) is 0 Å². The summed E-state index contributed by atoms with van der Waals surface area (Å²) in [5.41, 5.74) is 8.45. The fourth-order valence-electron chi connectivity index (χ4n) is 7.72. The summed E-state index contributed by atoms with van der Waals surface area (Å²) < 4.78 is 53.2. The van der Waals surface area contributed by atoms with Crippen LogP contribution in [0.5, 0.6) is 5.75 Å². The van der Waals surface area contributed by atoms with Gasteiger partial charge in [0.2, 0.25) is 5.89 Å². The Labute approximate surface area is 289 Å². The number of benzene rings is 4. The molecule has 0 amide bonds. The maximum atomic E-state index is 15.3. The van der Waals surface area contributed by atoms with E-state index >= 15 is 4.39 Å². The van der Waals surface area contributed by atoms with Gasteiger partial charge in [0, 0.05) is 48.9 Å². The number of rotatable bonds is 10. The number of aromatic nitrogens is 1. The van der Waals surface area contributed by atoms with Gasteiger partial charge in [0.05, 0.1) is 0 Å². The molecule has 2 aliphatic heterocycles. The number of carboxylic acid groups (broad SMARTS) is 1. The number of hydrogen-bond donors (Lipinski definition) is 1. The van der Waals surface area contributed by atoms with Crippen molar-refractivity contribution in [2.75, 3.05) is 19.6 Å². The molecule has 2 aliphatic rings. The van der Waals surface area contributed by atoms with E-state index in [4.69, 9.17) is 14.1 Å². The maximum Gasteiger partial charge on any atom is 0.387 e. The molecule has 2 saturated heterocycles. The van der Waals surface area contributed by atoms with Crippen molar-refractivity contribution >= 4 is 17.1 Å². The molecule has 260 valence electrons. The monoisotopic (exact) mass is 683 g/mol. The van der Waals surface area contributed by atoms with Gasteiger partial charge < -0.3 is 14.3 Å². The number of carbonyl (C=O) groups is 1. The zero-order valence-electron chi connectivity index (χ0n) is 28.6. The molecular weight excluding hydrogens is 643 g/mol. The van der Waals surface area contributed by atoms with E-state index in [1.165, 1.54) is 6.07 Å². The first kappa shape index (κ1) is 33.8. The van der Waals surface area contributed by atoms with Crippen molar-refractivity contribution in [1.82, 2.24) is 14.8 Å². The molecular formula is C40H40F3N3O4. The number of ether oxygens (including phenoxy) is 1. The summed E-state index contributed by atoms with van der Waals surface area (Å²) in [7, 11) is 0. The lowest BCUT2D eigenvalue weighted by atomic mass is 9.84. The predicted octanol–water partition coefficient (Wildman–Crippen LogP) is 9.08. The highest BCUT2D eigenvalue weighted by Crippen LogP contribution is 2.39. The van der Waals surface area contributed by atoms with Crippen LogP contribution in [-0.2, 0) is 17.9 Å². The van der Waals surface area contributed by atoms with Gasteiger partial charge in [-0.2, -0.15) is 8.78 Å². The lowest BCUT2D eigenvalue weighted by Gasteiger charge is -2.46. The Kier molecular flexibility index (Phi) is 8.94. The van der Waals surface area contributed by atoms with Crippen molar-refractivity contribution in [2.24, 2.45) is 5.41 Å². The van der Waals surface area contributed by atoms with Gasteiger partial charge in [0.1, 0.15) is 23.1 Å². The molecule has 0 aliphatic carbocycles. The maximum absolute atomic E-state index is 15.3. The summed E-state index contributed by atoms with van der Waals surface area (Å²) in [6, 6.07) is 19.7. The fraction of sp³-hybridized carbons (Fsp3) is 0.350. The Morgan fingerprint density at radius 3 is 2.30 bits per heavy atom. The summed E-state index contributed by atoms with van der Waals surface area (Å²) >= 11 is 0. The highest BCUT2D eigenvalue weighted by molar-refractivity contribution is 5.85. The van der Waals surface area contributed by atoms with E-state index in [0.29, 0.717) is 48.5 Å². The number of likely N-dealkylation sites (tertiary alicyclic amines) is 2. The number of aliphatic carboxylic acids is 1. The summed E-state index contributed by atoms with van der Waals surface area (Å²) in [5, 5.41) is 9.63. The molecule has 10 heteroatoms. The first-order chi connectivity index (χ1) is 23.9. The molecule has 1 aromatic heterocycles. The minimum Gasteiger partial charge on any atom is -0.480 e. The van der Waals surface area contributed by atoms with Crippen LogP contribution < -0.4 is 4.74 Å². The molecule has 0 saturated carbocycles. The van der Waals surface area contributed by atoms with E-state index in [9.17, 15) is 18.7 Å². The second-order valence-electron chi connectivity index (χ2n) is 14.4. The molecule has 0 unspecified atom stereocenters. The Morgan fingerprint density at radius 2 is 1.64 bits per heavy atom. The number of alkyl halides is 2. The molecule has 1 atom stereocenters. The molecule has 5 aromatic rings. The van der Waals surface area contributed by atoms with Crippen molar-refractivity contribution in [3.63, 3.8) is 0 Å². The van der Waals surface area contributed by atoms with Gasteiger partial charge in [-0.25, -0.2) is 9.37 Å². The van der Waals surface area contributed by atoms with E-state index in [1.807, 2.05) is 62.4 Å². The van der Waals surface area contributed by atoms with Crippen LogP contribution in [0.15, 0.2) is 71.1 Å². The lowest BCUT2D eigenvalue weighted by molar-refractivity contribution is -0.142. The van der Waals surface area contributed by atoms with Crippen LogP contribution in [0.1, 0.15) is 48.9 Å². The predicted molar refractivity (Wildman–Crippen MR) is 187 cm³/mol. The van der Waals surface area contributed by atoms with Crippen LogP contribution in [0, 0.1) is 25.1 Å². The van der Waals surface area contributed by atoms with Gasteiger partial charge in [-0.05, 0) is 90.2 Å². The normalized spacial score (nSPS) is 17.8. The van der Waals surface area contributed by atoms with Gasteiger partial charge in [-0.15, -0.1) is 0 Å². The highest BCUT2D eigenvalue weighted by Gasteiger charge is 2.34. The molecule has 2 fully saturated rings. The summed E-state index contributed by atoms with van der Waals surface area (Å²) in [6.45, 7) is 8.58. The average Bonchev–Trinajstić information content (AvgIpc) is 3.68. The average molecular weight is 684 g/mol. The second kappa shape index (κ2) is 13.2. The molecule has 7 nitrogen and oxygen atoms in total. The van der Waals surface area contributed by atoms with Gasteiger partial charge in [0.25, 0.3) is 0 Å². The van der Waals surface area contributed by atoms with Crippen LogP contribution in [0.25, 0.3) is 44.8 Å². The van der Waals surface area contributed by atoms with Gasteiger partial charge in [-0.1, -0.05) is 56.3 Å². The zero-order valence-corrected chi connectivity index (χ0v) is 28.6. The summed E-state index contributed by atoms with van der Waals surface area (Å²) in [5.74, 6) is -0.899. The molecule has 4 aromatic carbocycles. The van der Waals surface area contributed by atoms with E-state index < -0.39 is 18.6 Å². The van der Waals surface area contributed by atoms with Gasteiger partial charge in [-0.3, -0.25) is 14.6 Å². The van der Waals surface area contributed by atoms with Crippen LogP contribution in [0.4, 0.5) is 13.2 Å². The van der Waals surface area contributed by atoms with Crippen molar-refractivity contribution in [2.45, 2.75) is 66.3 Å². The first-order valence-electron chi connectivity index (χ1n) is 16.9. The molecule has 7 rings (SSSR count). The third kappa shape index (κ3) is 6.62. The Bertz CT molecular complexity index is 2080. The zero-order chi connectivity index (χ0) is 35.3. The Hall–Kier alpha value is -4.67. The smallest absolute Gasteiger partial charge is 0.387 e. The quantitative estimate of drug-likeness (QED) is 0.157. The molecule has 50 heavy (non-hydrogen) atoms. The largest absolute Gasteiger partial charge is 0.480 e. The number of nitrogens with zero attached hydrogens (tertiary/aromatic N) is 3. The topological polar surface area (TPSA) is 79.0 Å². The summed E-state index contributed by atoms with van der Waals surface area (Å²) in [6.07, 6.45) is 1.20. The van der Waals surface area contributed by atoms with E-state index in [0.717, 1.165) is 52.0 Å². The standard InChI is InChI=1S/C40H40F3N3O4/c1-23-28(25-13-14-26(32(41)16-25)19-45-21-40(3,4)22-45)8-5-9-29(23)30-10-6-11-31(24(30)2)37-44-33-17-27(20-46-15-7-12-34(46)38(47)48)35(50-39(42)43)18-36(33)49-37/h5-6,8-11,13-14,16-18,34,39H,7,12,15,19-22H2,1-4H3,(H,47,48)/t34-/m0/s1. The summed E-state index contributed by atoms with van der Waals surface area (Å²) in [4.78, 5) is 20.5. The number of fused-ring (bicyclic) bond motifs is 1. The Morgan fingerprint density at radius 1 is 0.960 bits per heavy atom. The number of halogens is 3. The van der Waals surface area contributed by atoms with Crippen LogP contribution >= 0.6 is 0 Å². The number of hydrogen-bond acceptors (Lipinski definition) is 6. The van der Waals surface area contributed by atoms with E-state index in [-0.39, 0.29) is 29.1 Å². The van der Waals surface area contributed by atoms with E-state index in [1.54, 1.807) is 17.0 Å². The van der Waals surface area contributed by atoms with Crippen LogP contribution in [-0.4, -0.2) is 58.1 Å². The lowest BCUT2D eigenvalue weighted by Crippen LogP contribution is -2.52. The third-order valence-electron chi connectivity index (χ3n) is 10.1. The molecule has 0 radical (unpaired) electrons. The second-order valence-corrected chi connectivity index (χ2v) is 14.4. The SMILES string of the molecule is Cc1c(-c2ccc(CN3CC(C)(C)C3)c(F)c2)cccc1-c1cccc(-c2nc3cc(CN4CCC[C@H]4C(=O)O)c(OC(F)F)cc3o2)c1C. The Balaban J connectivity index is 1.20. The van der Waals surface area contributed by atoms with Gasteiger partial charge >= 0.3 is 12.6 Å². The highest BCUT2D eigenvalue weighted by atomic mass is 19.3. The third-order valence-corrected chi connectivity index (χ3v) is 10.1. The molecule has 0 bridgehead atoms. The number of carboxylic acids is 1. The van der Waals surface area contributed by atoms with Crippen LogP contribution in [0.3, 0.4) is 0 Å². The van der Waals surface area contributed by atoms with Crippen molar-refractivity contribution in [3.8, 4) is 39.5 Å². The minimum absolute atomic E-state index is 0.0712. The van der Waals surface area contributed by atoms with Crippen molar-refractivity contribution in [1.29, 1.82) is 0 Å². The fourth-order valence-corrected chi connectivity index (χ4v) is 7.72. The molecule has 3 heterocycles. The van der Waals surface area contributed by atoms with E-state index in [2.05, 4.69) is 18.7 Å². The molecule has 1 N–H and O–H groups in total. The first-order valence-corrected chi connectivity index (χ1v) is 16.9. The van der Waals surface area contributed by atoms with Crippen molar-refractivity contribution < 1.29 is 32.2 Å².